The molecule has 2 atom stereocenters. The molecule has 0 saturated heterocycles. The van der Waals surface area contributed by atoms with Gasteiger partial charge >= 0.3 is 5.97 Å². The lowest BCUT2D eigenvalue weighted by atomic mass is 9.75. The number of rotatable bonds is 4. The number of hydrogen-bond acceptors (Lipinski definition) is 3. The van der Waals surface area contributed by atoms with Crippen molar-refractivity contribution in [2.45, 2.75) is 25.7 Å². The number of hydrogen-bond donors (Lipinski definition) is 2. The predicted octanol–water partition coefficient (Wildman–Crippen LogP) is 4.01. The lowest BCUT2D eigenvalue weighted by Crippen LogP contribution is -2.32. The molecule has 0 radical (unpaired) electrons. The number of nitrogen functional groups attached to an aromatic ring is 1. The summed E-state index contributed by atoms with van der Waals surface area (Å²) in [5.41, 5.74) is 9.03. The Morgan fingerprint density at radius 1 is 0.833 bits per heavy atom. The van der Waals surface area contributed by atoms with Gasteiger partial charge in [-0.3, -0.25) is 9.59 Å². The Morgan fingerprint density at radius 2 is 1.33 bits per heavy atom. The summed E-state index contributed by atoms with van der Waals surface area (Å²) in [7, 11) is 0. The average molecular weight is 323 g/mol. The van der Waals surface area contributed by atoms with E-state index in [0.717, 1.165) is 24.0 Å². The van der Waals surface area contributed by atoms with E-state index in [-0.39, 0.29) is 5.78 Å². The van der Waals surface area contributed by atoms with Crippen LogP contribution in [0.2, 0.25) is 0 Å². The van der Waals surface area contributed by atoms with Crippen molar-refractivity contribution in [1.29, 1.82) is 0 Å². The minimum absolute atomic E-state index is 0.0500. The van der Waals surface area contributed by atoms with Gasteiger partial charge in [0.2, 0.25) is 0 Å². The lowest BCUT2D eigenvalue weighted by Gasteiger charge is -2.27. The minimum atomic E-state index is -0.855. The van der Waals surface area contributed by atoms with Gasteiger partial charge in [-0.05, 0) is 36.1 Å². The highest BCUT2D eigenvalue weighted by Gasteiger charge is 2.35. The molecule has 3 N–H and O–H groups in total. The second-order valence-electron chi connectivity index (χ2n) is 6.40. The molecule has 0 spiro atoms. The number of carboxylic acid groups (broad SMARTS) is 1. The molecule has 124 valence electrons. The van der Waals surface area contributed by atoms with Crippen molar-refractivity contribution in [1.82, 2.24) is 0 Å². The summed E-state index contributed by atoms with van der Waals surface area (Å²) in [5.74, 6) is -1.86. The van der Waals surface area contributed by atoms with Crippen molar-refractivity contribution < 1.29 is 14.7 Å². The molecule has 1 saturated carbocycles. The molecule has 4 nitrogen and oxygen atoms in total. The van der Waals surface area contributed by atoms with Crippen molar-refractivity contribution in [3.05, 3.63) is 54.1 Å². The third-order valence-corrected chi connectivity index (χ3v) is 4.83. The molecule has 2 aromatic carbocycles. The fourth-order valence-corrected chi connectivity index (χ4v) is 3.46. The largest absolute Gasteiger partial charge is 0.481 e. The fourth-order valence-electron chi connectivity index (χ4n) is 3.46. The van der Waals surface area contributed by atoms with Gasteiger partial charge in [-0.25, -0.2) is 0 Å². The monoisotopic (exact) mass is 323 g/mol. The maximum Gasteiger partial charge on any atom is 0.307 e. The molecular formula is C20H21NO3. The molecule has 0 heterocycles. The molecule has 0 unspecified atom stereocenters. The molecule has 0 bridgehead atoms. The number of ketones is 1. The zero-order chi connectivity index (χ0) is 17.1. The van der Waals surface area contributed by atoms with Crippen LogP contribution in [0.25, 0.3) is 11.1 Å². The molecule has 2 aromatic rings. The summed E-state index contributed by atoms with van der Waals surface area (Å²) in [6.07, 6.45) is 3.06. The summed E-state index contributed by atoms with van der Waals surface area (Å²) >= 11 is 0. The van der Waals surface area contributed by atoms with Crippen LogP contribution in [0.4, 0.5) is 5.69 Å². The normalized spacial score (nSPS) is 20.5. The van der Waals surface area contributed by atoms with Gasteiger partial charge in [-0.2, -0.15) is 0 Å². The van der Waals surface area contributed by atoms with Gasteiger partial charge in [-0.1, -0.05) is 49.2 Å². The van der Waals surface area contributed by atoms with Crippen molar-refractivity contribution in [3.63, 3.8) is 0 Å². The van der Waals surface area contributed by atoms with E-state index in [4.69, 9.17) is 5.73 Å². The topological polar surface area (TPSA) is 80.4 Å². The van der Waals surface area contributed by atoms with Crippen molar-refractivity contribution in [2.75, 3.05) is 5.73 Å². The zero-order valence-corrected chi connectivity index (χ0v) is 13.4. The lowest BCUT2D eigenvalue weighted by molar-refractivity contribution is -0.144. The van der Waals surface area contributed by atoms with Crippen LogP contribution in [0.3, 0.4) is 0 Å². The third-order valence-electron chi connectivity index (χ3n) is 4.83. The Morgan fingerprint density at radius 3 is 1.88 bits per heavy atom. The first kappa shape index (κ1) is 16.2. The first-order chi connectivity index (χ1) is 11.6. The van der Waals surface area contributed by atoms with Crippen LogP contribution in [-0.2, 0) is 4.79 Å². The van der Waals surface area contributed by atoms with Gasteiger partial charge in [0, 0.05) is 17.2 Å². The van der Waals surface area contributed by atoms with E-state index < -0.39 is 17.8 Å². The number of carbonyl (C=O) groups excluding carboxylic acids is 1. The van der Waals surface area contributed by atoms with E-state index in [0.29, 0.717) is 24.1 Å². The van der Waals surface area contributed by atoms with Gasteiger partial charge in [0.25, 0.3) is 0 Å². The number of aliphatic carboxylic acids is 1. The smallest absolute Gasteiger partial charge is 0.307 e. The minimum Gasteiger partial charge on any atom is -0.481 e. The highest BCUT2D eigenvalue weighted by molar-refractivity contribution is 6.00. The molecule has 24 heavy (non-hydrogen) atoms. The van der Waals surface area contributed by atoms with Crippen LogP contribution in [0.5, 0.6) is 0 Å². The van der Waals surface area contributed by atoms with E-state index in [2.05, 4.69) is 0 Å². The SMILES string of the molecule is Nc1ccc(-c2ccc(C(=O)[C@@H]3CCCC[C@H]3C(=O)O)cc2)cc1. The van der Waals surface area contributed by atoms with E-state index in [9.17, 15) is 14.7 Å². The molecule has 1 aliphatic carbocycles. The standard InChI is InChI=1S/C20H21NO3/c21-16-11-9-14(10-12-16)13-5-7-15(8-6-13)19(22)17-3-1-2-4-18(17)20(23)24/h5-12,17-18H,1-4,21H2,(H,23,24)/t17-,18-/m1/s1. The van der Waals surface area contributed by atoms with E-state index in [1.807, 2.05) is 36.4 Å². The van der Waals surface area contributed by atoms with Crippen LogP contribution in [0, 0.1) is 11.8 Å². The third kappa shape index (κ3) is 3.32. The van der Waals surface area contributed by atoms with Gasteiger partial charge in [0.05, 0.1) is 5.92 Å². The molecule has 4 heteroatoms. The maximum absolute atomic E-state index is 12.7. The van der Waals surface area contributed by atoms with Crippen molar-refractivity contribution in [2.24, 2.45) is 11.8 Å². The van der Waals surface area contributed by atoms with Crippen LogP contribution in [0.15, 0.2) is 48.5 Å². The number of carboxylic acids is 1. The Balaban J connectivity index is 1.80. The van der Waals surface area contributed by atoms with Crippen LogP contribution in [-0.4, -0.2) is 16.9 Å². The van der Waals surface area contributed by atoms with Gasteiger partial charge in [0.15, 0.2) is 5.78 Å². The van der Waals surface area contributed by atoms with E-state index in [1.54, 1.807) is 12.1 Å². The average Bonchev–Trinajstić information content (AvgIpc) is 2.62. The molecular weight excluding hydrogens is 302 g/mol. The van der Waals surface area contributed by atoms with Crippen molar-refractivity contribution in [3.8, 4) is 11.1 Å². The highest BCUT2D eigenvalue weighted by atomic mass is 16.4. The van der Waals surface area contributed by atoms with Crippen LogP contribution < -0.4 is 5.73 Å². The van der Waals surface area contributed by atoms with E-state index >= 15 is 0 Å². The second kappa shape index (κ2) is 6.87. The first-order valence-electron chi connectivity index (χ1n) is 8.29. The predicted molar refractivity (Wildman–Crippen MR) is 93.7 cm³/mol. The number of nitrogens with two attached hydrogens (primary N) is 1. The summed E-state index contributed by atoms with van der Waals surface area (Å²) in [4.78, 5) is 24.1. The number of Topliss-reactive ketones (excluding diaryl/α,β-unsaturated/α-hetero) is 1. The number of anilines is 1. The zero-order valence-electron chi connectivity index (χ0n) is 13.4. The quantitative estimate of drug-likeness (QED) is 0.658. The number of benzene rings is 2. The first-order valence-corrected chi connectivity index (χ1v) is 8.29. The molecule has 0 amide bonds. The Bertz CT molecular complexity index is 734. The summed E-state index contributed by atoms with van der Waals surface area (Å²) < 4.78 is 0. The Kier molecular flexibility index (Phi) is 4.65. The summed E-state index contributed by atoms with van der Waals surface area (Å²) in [5, 5.41) is 9.36. The number of carbonyl (C=O) groups is 2. The molecule has 1 aliphatic rings. The van der Waals surface area contributed by atoms with Gasteiger partial charge in [-0.15, -0.1) is 0 Å². The van der Waals surface area contributed by atoms with Crippen LogP contribution >= 0.6 is 0 Å². The summed E-state index contributed by atoms with van der Waals surface area (Å²) in [6.45, 7) is 0. The Hall–Kier alpha value is -2.62. The maximum atomic E-state index is 12.7. The molecule has 3 rings (SSSR count). The Labute approximate surface area is 141 Å². The molecule has 0 aromatic heterocycles. The molecule has 1 fully saturated rings. The highest BCUT2D eigenvalue weighted by Crippen LogP contribution is 2.33. The van der Waals surface area contributed by atoms with Crippen molar-refractivity contribution >= 4 is 17.4 Å². The van der Waals surface area contributed by atoms with Gasteiger partial charge < -0.3 is 10.8 Å². The fraction of sp³-hybridized carbons (Fsp3) is 0.300. The molecule has 0 aliphatic heterocycles. The summed E-state index contributed by atoms with van der Waals surface area (Å²) in [6, 6.07) is 14.9. The van der Waals surface area contributed by atoms with E-state index in [1.165, 1.54) is 0 Å². The van der Waals surface area contributed by atoms with Crippen LogP contribution in [0.1, 0.15) is 36.0 Å². The second-order valence-corrected chi connectivity index (χ2v) is 6.40. The van der Waals surface area contributed by atoms with Gasteiger partial charge in [0.1, 0.15) is 0 Å².